The zero-order chi connectivity index (χ0) is 12.0. The van der Waals surface area contributed by atoms with Crippen molar-refractivity contribution in [1.29, 1.82) is 0 Å². The molecule has 1 atom stereocenters. The Morgan fingerprint density at radius 1 is 1.38 bits per heavy atom. The number of thioether (sulfide) groups is 1. The predicted octanol–water partition coefficient (Wildman–Crippen LogP) is 3.13. The van der Waals surface area contributed by atoms with E-state index in [0.29, 0.717) is 0 Å². The average Bonchev–Trinajstić information content (AvgIpc) is 2.26. The predicted molar refractivity (Wildman–Crippen MR) is 69.1 cm³/mol. The minimum atomic E-state index is -0.705. The summed E-state index contributed by atoms with van der Waals surface area (Å²) < 4.78 is 0. The Morgan fingerprint density at radius 2 is 2.00 bits per heavy atom. The lowest BCUT2D eigenvalue weighted by Gasteiger charge is -2.11. The molecule has 0 aromatic heterocycles. The van der Waals surface area contributed by atoms with Gasteiger partial charge in [-0.05, 0) is 31.6 Å². The van der Waals surface area contributed by atoms with E-state index in [2.05, 4.69) is 31.2 Å². The van der Waals surface area contributed by atoms with Crippen molar-refractivity contribution in [2.45, 2.75) is 31.4 Å². The summed E-state index contributed by atoms with van der Waals surface area (Å²) in [4.78, 5) is 10.6. The SMILES string of the molecule is CS[C@H](CCc1ccc(C)cc1)CC(=O)O. The van der Waals surface area contributed by atoms with Crippen LogP contribution in [0.1, 0.15) is 24.0 Å². The van der Waals surface area contributed by atoms with Gasteiger partial charge in [0.2, 0.25) is 0 Å². The quantitative estimate of drug-likeness (QED) is 0.827. The third kappa shape index (κ3) is 4.71. The fourth-order valence-electron chi connectivity index (χ4n) is 1.58. The van der Waals surface area contributed by atoms with Crippen LogP contribution in [-0.2, 0) is 11.2 Å². The highest BCUT2D eigenvalue weighted by Gasteiger charge is 2.11. The van der Waals surface area contributed by atoms with E-state index in [-0.39, 0.29) is 11.7 Å². The van der Waals surface area contributed by atoms with Crippen LogP contribution in [0.2, 0.25) is 0 Å². The molecule has 88 valence electrons. The Hall–Kier alpha value is -0.960. The summed E-state index contributed by atoms with van der Waals surface area (Å²) in [6, 6.07) is 8.43. The number of carboxylic acid groups (broad SMARTS) is 1. The van der Waals surface area contributed by atoms with Gasteiger partial charge in [0.25, 0.3) is 0 Å². The van der Waals surface area contributed by atoms with Gasteiger partial charge in [-0.15, -0.1) is 0 Å². The molecule has 0 spiro atoms. The largest absolute Gasteiger partial charge is 0.481 e. The molecule has 3 heteroatoms. The summed E-state index contributed by atoms with van der Waals surface area (Å²) in [5.74, 6) is -0.705. The zero-order valence-electron chi connectivity index (χ0n) is 9.77. The van der Waals surface area contributed by atoms with Gasteiger partial charge in [-0.2, -0.15) is 11.8 Å². The molecule has 16 heavy (non-hydrogen) atoms. The normalized spacial score (nSPS) is 12.4. The number of aliphatic carboxylic acids is 1. The zero-order valence-corrected chi connectivity index (χ0v) is 10.6. The fraction of sp³-hybridized carbons (Fsp3) is 0.462. The van der Waals surface area contributed by atoms with Crippen LogP contribution in [-0.4, -0.2) is 22.6 Å². The standard InChI is InChI=1S/C13H18O2S/c1-10-3-5-11(6-4-10)7-8-12(16-2)9-13(14)15/h3-6,12H,7-9H2,1-2H3,(H,14,15)/t12-/m1/s1. The molecule has 0 radical (unpaired) electrons. The minimum absolute atomic E-state index is 0.221. The Morgan fingerprint density at radius 3 is 2.50 bits per heavy atom. The molecule has 0 unspecified atom stereocenters. The van der Waals surface area contributed by atoms with Gasteiger partial charge in [-0.1, -0.05) is 29.8 Å². The third-order valence-corrected chi connectivity index (χ3v) is 3.68. The van der Waals surface area contributed by atoms with Gasteiger partial charge < -0.3 is 5.11 Å². The van der Waals surface area contributed by atoms with Crippen molar-refractivity contribution < 1.29 is 9.90 Å². The minimum Gasteiger partial charge on any atom is -0.481 e. The fourth-order valence-corrected chi connectivity index (χ4v) is 2.24. The molecule has 1 aromatic carbocycles. The maximum Gasteiger partial charge on any atom is 0.304 e. The van der Waals surface area contributed by atoms with Gasteiger partial charge in [0, 0.05) is 5.25 Å². The van der Waals surface area contributed by atoms with E-state index < -0.39 is 5.97 Å². The molecule has 0 bridgehead atoms. The van der Waals surface area contributed by atoms with E-state index in [9.17, 15) is 4.79 Å². The molecule has 0 heterocycles. The molecule has 0 aliphatic heterocycles. The summed E-state index contributed by atoms with van der Waals surface area (Å²) in [6.07, 6.45) is 4.12. The maximum atomic E-state index is 10.6. The van der Waals surface area contributed by atoms with Crippen LogP contribution in [0, 0.1) is 6.92 Å². The van der Waals surface area contributed by atoms with E-state index >= 15 is 0 Å². The monoisotopic (exact) mass is 238 g/mol. The molecule has 1 aromatic rings. The number of rotatable bonds is 6. The topological polar surface area (TPSA) is 37.3 Å². The second-order valence-electron chi connectivity index (χ2n) is 3.98. The molecule has 1 rings (SSSR count). The van der Waals surface area contributed by atoms with Gasteiger partial charge in [0.15, 0.2) is 0 Å². The molecule has 0 fully saturated rings. The van der Waals surface area contributed by atoms with E-state index in [1.54, 1.807) is 11.8 Å². The Bertz CT molecular complexity index is 332. The molecule has 2 nitrogen and oxygen atoms in total. The Kier molecular flexibility index (Phi) is 5.39. The van der Waals surface area contributed by atoms with Crippen LogP contribution in [0.3, 0.4) is 0 Å². The van der Waals surface area contributed by atoms with Gasteiger partial charge in [-0.25, -0.2) is 0 Å². The van der Waals surface area contributed by atoms with Crippen LogP contribution >= 0.6 is 11.8 Å². The van der Waals surface area contributed by atoms with Crippen LogP contribution in [0.25, 0.3) is 0 Å². The van der Waals surface area contributed by atoms with Crippen molar-refractivity contribution in [2.24, 2.45) is 0 Å². The van der Waals surface area contributed by atoms with Crippen molar-refractivity contribution >= 4 is 17.7 Å². The van der Waals surface area contributed by atoms with Gasteiger partial charge in [0.1, 0.15) is 0 Å². The molecular weight excluding hydrogens is 220 g/mol. The van der Waals surface area contributed by atoms with Crippen molar-refractivity contribution in [3.05, 3.63) is 35.4 Å². The number of carbonyl (C=O) groups is 1. The average molecular weight is 238 g/mol. The number of aryl methyl sites for hydroxylation is 2. The maximum absolute atomic E-state index is 10.6. The summed E-state index contributed by atoms with van der Waals surface area (Å²) in [5, 5.41) is 8.96. The first kappa shape index (κ1) is 13.1. The van der Waals surface area contributed by atoms with Crippen LogP contribution < -0.4 is 0 Å². The van der Waals surface area contributed by atoms with Crippen molar-refractivity contribution in [3.63, 3.8) is 0 Å². The first-order chi connectivity index (χ1) is 7.61. The lowest BCUT2D eigenvalue weighted by Crippen LogP contribution is -2.10. The number of hydrogen-bond acceptors (Lipinski definition) is 2. The van der Waals surface area contributed by atoms with Crippen LogP contribution in [0.15, 0.2) is 24.3 Å². The van der Waals surface area contributed by atoms with Gasteiger partial charge in [-0.3, -0.25) is 4.79 Å². The molecule has 0 aliphatic rings. The summed E-state index contributed by atoms with van der Waals surface area (Å²) in [5.41, 5.74) is 2.55. The second-order valence-corrected chi connectivity index (χ2v) is 5.12. The number of hydrogen-bond donors (Lipinski definition) is 1. The number of carboxylic acids is 1. The highest BCUT2D eigenvalue weighted by atomic mass is 32.2. The lowest BCUT2D eigenvalue weighted by atomic mass is 10.1. The third-order valence-electron chi connectivity index (χ3n) is 2.61. The molecule has 0 saturated carbocycles. The summed E-state index contributed by atoms with van der Waals surface area (Å²) in [7, 11) is 0. The Balaban J connectivity index is 2.43. The van der Waals surface area contributed by atoms with E-state index in [1.165, 1.54) is 11.1 Å². The van der Waals surface area contributed by atoms with E-state index in [0.717, 1.165) is 12.8 Å². The molecule has 0 saturated heterocycles. The molecule has 0 amide bonds. The van der Waals surface area contributed by atoms with Gasteiger partial charge in [0.05, 0.1) is 6.42 Å². The summed E-state index contributed by atoms with van der Waals surface area (Å²) >= 11 is 1.64. The van der Waals surface area contributed by atoms with Crippen LogP contribution in [0.4, 0.5) is 0 Å². The second kappa shape index (κ2) is 6.59. The number of benzene rings is 1. The summed E-state index contributed by atoms with van der Waals surface area (Å²) in [6.45, 7) is 2.07. The Labute approximate surface area is 101 Å². The van der Waals surface area contributed by atoms with Crippen molar-refractivity contribution in [2.75, 3.05) is 6.26 Å². The first-order valence-electron chi connectivity index (χ1n) is 5.42. The molecule has 1 N–H and O–H groups in total. The first-order valence-corrected chi connectivity index (χ1v) is 6.70. The highest BCUT2D eigenvalue weighted by molar-refractivity contribution is 7.99. The van der Waals surface area contributed by atoms with E-state index in [1.807, 2.05) is 6.26 Å². The van der Waals surface area contributed by atoms with E-state index in [4.69, 9.17) is 5.11 Å². The smallest absolute Gasteiger partial charge is 0.304 e. The van der Waals surface area contributed by atoms with Crippen LogP contribution in [0.5, 0.6) is 0 Å². The highest BCUT2D eigenvalue weighted by Crippen LogP contribution is 2.18. The van der Waals surface area contributed by atoms with Gasteiger partial charge >= 0.3 is 5.97 Å². The van der Waals surface area contributed by atoms with Crippen molar-refractivity contribution in [1.82, 2.24) is 0 Å². The molecule has 0 aliphatic carbocycles. The lowest BCUT2D eigenvalue weighted by molar-refractivity contribution is -0.137. The molecular formula is C13H18O2S. The van der Waals surface area contributed by atoms with Crippen molar-refractivity contribution in [3.8, 4) is 0 Å².